The average molecular weight is 454 g/mol. The fourth-order valence-electron chi connectivity index (χ4n) is 3.64. The van der Waals surface area contributed by atoms with Gasteiger partial charge in [-0.05, 0) is 30.5 Å². The van der Waals surface area contributed by atoms with Crippen LogP contribution in [0.25, 0.3) is 11.3 Å². The van der Waals surface area contributed by atoms with Gasteiger partial charge in [0.25, 0.3) is 0 Å². The molecule has 1 aromatic heterocycles. The molecule has 1 saturated heterocycles. The number of halogens is 1. The van der Waals surface area contributed by atoms with E-state index in [1.807, 2.05) is 36.4 Å². The molecule has 1 atom stereocenters. The van der Waals surface area contributed by atoms with Crippen molar-refractivity contribution >= 4 is 27.5 Å². The first kappa shape index (κ1) is 19.7. The highest BCUT2D eigenvalue weighted by atomic mass is 79.9. The molecule has 0 radical (unpaired) electrons. The van der Waals surface area contributed by atoms with E-state index in [-0.39, 0.29) is 5.91 Å². The van der Waals surface area contributed by atoms with E-state index in [4.69, 9.17) is 4.42 Å². The number of carbonyl (C=O) groups excluding carboxylic acids is 1. The van der Waals surface area contributed by atoms with Crippen molar-refractivity contribution in [3.8, 4) is 11.3 Å². The maximum Gasteiger partial charge on any atom is 0.220 e. The van der Waals surface area contributed by atoms with Gasteiger partial charge in [0.05, 0.1) is 6.20 Å². The topological polar surface area (TPSA) is 58.4 Å². The average Bonchev–Trinajstić information content (AvgIpc) is 3.41. The predicted molar refractivity (Wildman–Crippen MR) is 118 cm³/mol. The molecule has 1 aliphatic rings. The first-order valence-electron chi connectivity index (χ1n) is 9.95. The summed E-state index contributed by atoms with van der Waals surface area (Å²) in [4.78, 5) is 18.9. The van der Waals surface area contributed by atoms with Crippen molar-refractivity contribution in [3.05, 3.63) is 71.2 Å². The van der Waals surface area contributed by atoms with E-state index in [1.54, 1.807) is 6.20 Å². The van der Waals surface area contributed by atoms with E-state index in [0.29, 0.717) is 31.2 Å². The van der Waals surface area contributed by atoms with Gasteiger partial charge in [-0.15, -0.1) is 0 Å². The van der Waals surface area contributed by atoms with Crippen LogP contribution in [-0.2, 0) is 11.2 Å². The lowest BCUT2D eigenvalue weighted by atomic mass is 10.1. The molecule has 1 unspecified atom stereocenters. The molecular formula is C23H24BrN3O2. The van der Waals surface area contributed by atoms with Gasteiger partial charge in [-0.25, -0.2) is 4.98 Å². The van der Waals surface area contributed by atoms with Crippen LogP contribution in [0.1, 0.15) is 18.7 Å². The first-order valence-corrected chi connectivity index (χ1v) is 10.7. The maximum absolute atomic E-state index is 12.2. The Bertz CT molecular complexity index is 958. The van der Waals surface area contributed by atoms with Gasteiger partial charge in [0.15, 0.2) is 11.7 Å². The summed E-state index contributed by atoms with van der Waals surface area (Å²) in [7, 11) is 0. The molecular weight excluding hydrogens is 430 g/mol. The number of nitrogens with one attached hydrogen (secondary N) is 1. The molecule has 1 N–H and O–H groups in total. The zero-order valence-electron chi connectivity index (χ0n) is 16.2. The lowest BCUT2D eigenvalue weighted by molar-refractivity contribution is -0.121. The minimum atomic E-state index is 0.0466. The number of carbonyl (C=O) groups is 1. The summed E-state index contributed by atoms with van der Waals surface area (Å²) in [6.07, 6.45) is 3.70. The van der Waals surface area contributed by atoms with E-state index in [9.17, 15) is 4.79 Å². The molecule has 6 heteroatoms. The number of hydrogen-bond acceptors (Lipinski definition) is 4. The van der Waals surface area contributed by atoms with Crippen LogP contribution in [-0.4, -0.2) is 30.5 Å². The monoisotopic (exact) mass is 453 g/mol. The number of oxazole rings is 1. The summed E-state index contributed by atoms with van der Waals surface area (Å²) in [6.45, 7) is 2.71. The van der Waals surface area contributed by atoms with Crippen LogP contribution < -0.4 is 10.2 Å². The van der Waals surface area contributed by atoms with Crippen LogP contribution in [0, 0.1) is 5.92 Å². The summed E-state index contributed by atoms with van der Waals surface area (Å²) >= 11 is 3.53. The highest BCUT2D eigenvalue weighted by Crippen LogP contribution is 2.26. The van der Waals surface area contributed by atoms with Crippen molar-refractivity contribution in [3.63, 3.8) is 0 Å². The second-order valence-electron chi connectivity index (χ2n) is 7.37. The number of anilines is 1. The van der Waals surface area contributed by atoms with Crippen LogP contribution in [0.4, 0.5) is 5.69 Å². The summed E-state index contributed by atoms with van der Waals surface area (Å²) in [5.41, 5.74) is 2.22. The van der Waals surface area contributed by atoms with Gasteiger partial charge in [-0.1, -0.05) is 52.3 Å². The van der Waals surface area contributed by atoms with E-state index >= 15 is 0 Å². The minimum Gasteiger partial charge on any atom is -0.441 e. The molecule has 2 aromatic carbocycles. The Hall–Kier alpha value is -2.60. The number of benzene rings is 2. The molecule has 0 aliphatic carbocycles. The number of amides is 1. The fourth-order valence-corrected chi connectivity index (χ4v) is 4.02. The second kappa shape index (κ2) is 9.27. The zero-order valence-corrected chi connectivity index (χ0v) is 17.8. The maximum atomic E-state index is 12.2. The Morgan fingerprint density at radius 3 is 2.90 bits per heavy atom. The fraction of sp³-hybridized carbons (Fsp3) is 0.304. The van der Waals surface area contributed by atoms with E-state index in [0.717, 1.165) is 35.3 Å². The Balaban J connectivity index is 1.20. The second-order valence-corrected chi connectivity index (χ2v) is 8.28. The minimum absolute atomic E-state index is 0.0466. The smallest absolute Gasteiger partial charge is 0.220 e. The van der Waals surface area contributed by atoms with Crippen molar-refractivity contribution in [1.29, 1.82) is 0 Å². The van der Waals surface area contributed by atoms with Gasteiger partial charge < -0.3 is 14.6 Å². The molecule has 1 aliphatic heterocycles. The van der Waals surface area contributed by atoms with Crippen LogP contribution >= 0.6 is 15.9 Å². The van der Waals surface area contributed by atoms with Crippen molar-refractivity contribution < 1.29 is 9.21 Å². The standard InChI is InChI=1S/C23H24BrN3O2/c24-19-7-4-8-20(13-19)27-12-11-17(16-27)14-25-22(28)9-10-23-26-15-21(29-23)18-5-2-1-3-6-18/h1-8,13,15,17H,9-12,14,16H2,(H,25,28). The third-order valence-electron chi connectivity index (χ3n) is 5.22. The Morgan fingerprint density at radius 1 is 1.21 bits per heavy atom. The summed E-state index contributed by atoms with van der Waals surface area (Å²) < 4.78 is 6.86. The van der Waals surface area contributed by atoms with Gasteiger partial charge in [0.1, 0.15) is 0 Å². The summed E-state index contributed by atoms with van der Waals surface area (Å²) in [6, 6.07) is 18.2. The van der Waals surface area contributed by atoms with Crippen molar-refractivity contribution in [1.82, 2.24) is 10.3 Å². The van der Waals surface area contributed by atoms with Crippen molar-refractivity contribution in [2.45, 2.75) is 19.3 Å². The lowest BCUT2D eigenvalue weighted by Gasteiger charge is -2.19. The molecule has 3 aromatic rings. The SMILES string of the molecule is O=C(CCc1ncc(-c2ccccc2)o1)NCC1CCN(c2cccc(Br)c2)C1. The van der Waals surface area contributed by atoms with Crippen LogP contribution in [0.15, 0.2) is 69.7 Å². The van der Waals surface area contributed by atoms with Crippen LogP contribution in [0.3, 0.4) is 0 Å². The largest absolute Gasteiger partial charge is 0.441 e. The molecule has 5 nitrogen and oxygen atoms in total. The van der Waals surface area contributed by atoms with Crippen LogP contribution in [0.2, 0.25) is 0 Å². The Labute approximate surface area is 179 Å². The van der Waals surface area contributed by atoms with Crippen molar-refractivity contribution in [2.24, 2.45) is 5.92 Å². The van der Waals surface area contributed by atoms with E-state index < -0.39 is 0 Å². The normalized spacial score (nSPS) is 16.2. The Kier molecular flexibility index (Phi) is 6.30. The zero-order chi connectivity index (χ0) is 20.1. The third kappa shape index (κ3) is 5.26. The third-order valence-corrected chi connectivity index (χ3v) is 5.72. The van der Waals surface area contributed by atoms with E-state index in [2.05, 4.69) is 49.3 Å². The quantitative estimate of drug-likeness (QED) is 0.564. The number of rotatable bonds is 7. The molecule has 2 heterocycles. The van der Waals surface area contributed by atoms with E-state index in [1.165, 1.54) is 5.69 Å². The molecule has 0 bridgehead atoms. The van der Waals surface area contributed by atoms with Gasteiger partial charge in [-0.2, -0.15) is 0 Å². The molecule has 1 amide bonds. The predicted octanol–water partition coefficient (Wildman–Crippen LogP) is 4.68. The highest BCUT2D eigenvalue weighted by molar-refractivity contribution is 9.10. The first-order chi connectivity index (χ1) is 14.2. The van der Waals surface area contributed by atoms with Gasteiger partial charge >= 0.3 is 0 Å². The molecule has 29 heavy (non-hydrogen) atoms. The van der Waals surface area contributed by atoms with Gasteiger partial charge in [-0.3, -0.25) is 4.79 Å². The number of aryl methyl sites for hydroxylation is 1. The molecule has 1 fully saturated rings. The molecule has 0 saturated carbocycles. The summed E-state index contributed by atoms with van der Waals surface area (Å²) in [5, 5.41) is 3.07. The summed E-state index contributed by atoms with van der Waals surface area (Å²) in [5.74, 6) is 1.86. The van der Waals surface area contributed by atoms with Crippen LogP contribution in [0.5, 0.6) is 0 Å². The molecule has 150 valence electrons. The van der Waals surface area contributed by atoms with Gasteiger partial charge in [0, 0.05) is 48.2 Å². The lowest BCUT2D eigenvalue weighted by Crippen LogP contribution is -2.31. The number of nitrogens with zero attached hydrogens (tertiary/aromatic N) is 2. The van der Waals surface area contributed by atoms with Gasteiger partial charge in [0.2, 0.25) is 5.91 Å². The highest BCUT2D eigenvalue weighted by Gasteiger charge is 2.23. The molecule has 4 rings (SSSR count). The number of hydrogen-bond donors (Lipinski definition) is 1. The number of aromatic nitrogens is 1. The Morgan fingerprint density at radius 2 is 2.07 bits per heavy atom. The van der Waals surface area contributed by atoms with Crippen molar-refractivity contribution in [2.75, 3.05) is 24.5 Å². The molecule has 0 spiro atoms.